The van der Waals surface area contributed by atoms with Gasteiger partial charge in [-0.2, -0.15) is 0 Å². The zero-order valence-corrected chi connectivity index (χ0v) is 16.7. The number of aromatic nitrogens is 2. The number of amides is 1. The average Bonchev–Trinajstić information content (AvgIpc) is 3.43. The summed E-state index contributed by atoms with van der Waals surface area (Å²) in [5.74, 6) is 1.60. The second kappa shape index (κ2) is 7.83. The van der Waals surface area contributed by atoms with Gasteiger partial charge in [-0.05, 0) is 36.6 Å². The lowest BCUT2D eigenvalue weighted by Gasteiger charge is -2.31. The molecule has 29 heavy (non-hydrogen) atoms. The molecule has 6 nitrogen and oxygen atoms in total. The van der Waals surface area contributed by atoms with Crippen molar-refractivity contribution >= 4 is 17.2 Å². The molecule has 2 aliphatic heterocycles. The third-order valence-electron chi connectivity index (χ3n) is 5.36. The van der Waals surface area contributed by atoms with Gasteiger partial charge in [-0.25, -0.2) is 0 Å². The Hall–Kier alpha value is -2.93. The minimum absolute atomic E-state index is 0.0297. The summed E-state index contributed by atoms with van der Waals surface area (Å²) >= 11 is 1.66. The molecule has 1 saturated heterocycles. The molecule has 1 unspecified atom stereocenters. The fraction of sp³-hybridized carbons (Fsp3) is 0.318. The third kappa shape index (κ3) is 3.82. The predicted octanol–water partition coefficient (Wildman–Crippen LogP) is 3.88. The number of hydrogen-bond donors (Lipinski definition) is 0. The van der Waals surface area contributed by atoms with Crippen molar-refractivity contribution in [3.05, 3.63) is 69.7 Å². The first-order chi connectivity index (χ1) is 14.3. The number of likely N-dealkylation sites (tertiary alicyclic amines) is 1. The van der Waals surface area contributed by atoms with Crippen molar-refractivity contribution in [3.8, 4) is 11.5 Å². The molecule has 1 atom stereocenters. The minimum atomic E-state index is 0.0297. The topological polar surface area (TPSA) is 64.6 Å². The molecule has 1 amide bonds. The van der Waals surface area contributed by atoms with Gasteiger partial charge in [0.25, 0.3) is 5.91 Å². The Labute approximate surface area is 173 Å². The van der Waals surface area contributed by atoms with E-state index in [-0.39, 0.29) is 18.6 Å². The number of benzene rings is 2. The van der Waals surface area contributed by atoms with Gasteiger partial charge in [-0.15, -0.1) is 21.5 Å². The zero-order valence-electron chi connectivity index (χ0n) is 15.9. The minimum Gasteiger partial charge on any atom is -0.454 e. The maximum Gasteiger partial charge on any atom is 0.254 e. The van der Waals surface area contributed by atoms with Crippen LogP contribution in [0.4, 0.5) is 0 Å². The van der Waals surface area contributed by atoms with E-state index in [0.717, 1.165) is 35.8 Å². The fourth-order valence-corrected chi connectivity index (χ4v) is 4.85. The van der Waals surface area contributed by atoms with E-state index in [1.807, 2.05) is 29.2 Å². The molecule has 0 spiro atoms. The van der Waals surface area contributed by atoms with Crippen LogP contribution in [0.25, 0.3) is 0 Å². The second-order valence-corrected chi connectivity index (χ2v) is 8.45. The van der Waals surface area contributed by atoms with Gasteiger partial charge >= 0.3 is 0 Å². The van der Waals surface area contributed by atoms with Crippen molar-refractivity contribution in [1.82, 2.24) is 15.1 Å². The third-order valence-corrected chi connectivity index (χ3v) is 6.44. The van der Waals surface area contributed by atoms with Crippen molar-refractivity contribution in [2.45, 2.75) is 25.2 Å². The highest BCUT2D eigenvalue weighted by atomic mass is 32.1. The maximum absolute atomic E-state index is 13.0. The molecule has 3 heterocycles. The molecule has 0 aliphatic carbocycles. The summed E-state index contributed by atoms with van der Waals surface area (Å²) in [6.07, 6.45) is 2.80. The smallest absolute Gasteiger partial charge is 0.254 e. The van der Waals surface area contributed by atoms with Gasteiger partial charge in [-0.3, -0.25) is 4.79 Å². The van der Waals surface area contributed by atoms with E-state index in [2.05, 4.69) is 22.3 Å². The molecule has 5 rings (SSSR count). The molecule has 0 bridgehead atoms. The Balaban J connectivity index is 1.28. The van der Waals surface area contributed by atoms with E-state index >= 15 is 0 Å². The lowest BCUT2D eigenvalue weighted by molar-refractivity contribution is 0.0706. The normalized spacial score (nSPS) is 18.1. The van der Waals surface area contributed by atoms with Gasteiger partial charge in [-0.1, -0.05) is 30.3 Å². The number of nitrogens with zero attached hydrogens (tertiary/aromatic N) is 3. The number of fused-ring (bicyclic) bond motifs is 1. The van der Waals surface area contributed by atoms with Crippen LogP contribution < -0.4 is 9.47 Å². The Morgan fingerprint density at radius 2 is 1.97 bits per heavy atom. The van der Waals surface area contributed by atoms with Crippen LogP contribution in [0.15, 0.2) is 48.5 Å². The Kier molecular flexibility index (Phi) is 4.89. The summed E-state index contributed by atoms with van der Waals surface area (Å²) in [7, 11) is 0. The summed E-state index contributed by atoms with van der Waals surface area (Å²) in [6.45, 7) is 1.65. The number of ether oxygens (including phenoxy) is 2. The van der Waals surface area contributed by atoms with Gasteiger partial charge in [0.05, 0.1) is 0 Å². The molecular formula is C22H21N3O3S. The number of piperidine rings is 1. The fourth-order valence-electron chi connectivity index (χ4n) is 3.85. The first kappa shape index (κ1) is 18.1. The molecule has 148 valence electrons. The van der Waals surface area contributed by atoms with Crippen LogP contribution in [-0.2, 0) is 6.42 Å². The quantitative estimate of drug-likeness (QED) is 0.657. The van der Waals surface area contributed by atoms with E-state index in [9.17, 15) is 4.79 Å². The van der Waals surface area contributed by atoms with Crippen LogP contribution in [0.1, 0.15) is 44.7 Å². The van der Waals surface area contributed by atoms with Crippen LogP contribution in [0.3, 0.4) is 0 Å². The van der Waals surface area contributed by atoms with Crippen molar-refractivity contribution < 1.29 is 14.3 Å². The van der Waals surface area contributed by atoms with Crippen molar-refractivity contribution in [1.29, 1.82) is 0 Å². The number of carbonyl (C=O) groups excluding carboxylic acids is 1. The van der Waals surface area contributed by atoms with Crippen LogP contribution in [0.5, 0.6) is 11.5 Å². The molecule has 0 radical (unpaired) electrons. The van der Waals surface area contributed by atoms with Crippen LogP contribution in [0, 0.1) is 0 Å². The molecule has 0 N–H and O–H groups in total. The number of rotatable bonds is 4. The van der Waals surface area contributed by atoms with Crippen molar-refractivity contribution in [2.24, 2.45) is 0 Å². The molecule has 7 heteroatoms. The highest BCUT2D eigenvalue weighted by Crippen LogP contribution is 2.34. The van der Waals surface area contributed by atoms with E-state index in [4.69, 9.17) is 9.47 Å². The highest BCUT2D eigenvalue weighted by molar-refractivity contribution is 7.11. The first-order valence-electron chi connectivity index (χ1n) is 9.81. The monoisotopic (exact) mass is 407 g/mol. The van der Waals surface area contributed by atoms with E-state index in [1.54, 1.807) is 23.5 Å². The van der Waals surface area contributed by atoms with E-state index < -0.39 is 0 Å². The van der Waals surface area contributed by atoms with Gasteiger partial charge < -0.3 is 14.4 Å². The van der Waals surface area contributed by atoms with Gasteiger partial charge in [0, 0.05) is 31.0 Å². The van der Waals surface area contributed by atoms with E-state index in [0.29, 0.717) is 23.6 Å². The van der Waals surface area contributed by atoms with Crippen molar-refractivity contribution in [2.75, 3.05) is 19.9 Å². The highest BCUT2D eigenvalue weighted by Gasteiger charge is 2.28. The van der Waals surface area contributed by atoms with Crippen LogP contribution in [0.2, 0.25) is 0 Å². The SMILES string of the molecule is O=C(c1ccc2c(c1)OCO2)N1CCCC(c2nnc(Cc3ccccc3)s2)C1. The molecule has 1 aromatic heterocycles. The largest absolute Gasteiger partial charge is 0.454 e. The zero-order chi connectivity index (χ0) is 19.6. The Morgan fingerprint density at radius 3 is 2.86 bits per heavy atom. The van der Waals surface area contributed by atoms with Crippen LogP contribution >= 0.6 is 11.3 Å². The molecule has 2 aliphatic rings. The maximum atomic E-state index is 13.0. The number of carbonyl (C=O) groups is 1. The average molecular weight is 407 g/mol. The Morgan fingerprint density at radius 1 is 1.10 bits per heavy atom. The molecule has 1 fully saturated rings. The predicted molar refractivity (Wildman–Crippen MR) is 110 cm³/mol. The summed E-state index contributed by atoms with van der Waals surface area (Å²) in [5, 5.41) is 10.9. The Bertz CT molecular complexity index is 1020. The molecular weight excluding hydrogens is 386 g/mol. The van der Waals surface area contributed by atoms with Gasteiger partial charge in [0.1, 0.15) is 10.0 Å². The number of hydrogen-bond acceptors (Lipinski definition) is 6. The lowest BCUT2D eigenvalue weighted by Crippen LogP contribution is -2.39. The summed E-state index contributed by atoms with van der Waals surface area (Å²) in [5.41, 5.74) is 1.87. The molecule has 0 saturated carbocycles. The lowest BCUT2D eigenvalue weighted by atomic mass is 9.98. The standard InChI is InChI=1S/C22H21N3O3S/c26-22(16-8-9-18-19(12-16)28-14-27-18)25-10-4-7-17(13-25)21-24-23-20(29-21)11-15-5-2-1-3-6-15/h1-3,5-6,8-9,12,17H,4,7,10-11,13-14H2. The summed E-state index contributed by atoms with van der Waals surface area (Å²) in [6, 6.07) is 15.7. The first-order valence-corrected chi connectivity index (χ1v) is 10.6. The second-order valence-electron chi connectivity index (χ2n) is 7.35. The van der Waals surface area contributed by atoms with Crippen LogP contribution in [-0.4, -0.2) is 40.9 Å². The van der Waals surface area contributed by atoms with Crippen molar-refractivity contribution in [3.63, 3.8) is 0 Å². The van der Waals surface area contributed by atoms with Gasteiger partial charge in [0.15, 0.2) is 11.5 Å². The van der Waals surface area contributed by atoms with E-state index in [1.165, 1.54) is 5.56 Å². The van der Waals surface area contributed by atoms with Gasteiger partial charge in [0.2, 0.25) is 6.79 Å². The summed E-state index contributed by atoms with van der Waals surface area (Å²) < 4.78 is 10.7. The molecule has 2 aromatic carbocycles. The summed E-state index contributed by atoms with van der Waals surface area (Å²) in [4.78, 5) is 14.9. The molecule has 3 aromatic rings.